The smallest absolute Gasteiger partial charge is 0.194 e. The molecule has 6 heteroatoms. The Hall–Kier alpha value is -0.530. The Morgan fingerprint density at radius 3 is 2.70 bits per heavy atom. The van der Waals surface area contributed by atoms with E-state index < -0.39 is 0 Å². The Morgan fingerprint density at radius 2 is 2.09 bits per heavy atom. The van der Waals surface area contributed by atoms with Crippen molar-refractivity contribution in [3.05, 3.63) is 34.9 Å². The molecule has 1 fully saturated rings. The lowest BCUT2D eigenvalue weighted by molar-refractivity contribution is 0.0263. The van der Waals surface area contributed by atoms with Crippen LogP contribution in [0, 0.1) is 0 Å². The van der Waals surface area contributed by atoms with Gasteiger partial charge in [0.15, 0.2) is 5.96 Å². The lowest BCUT2D eigenvalue weighted by atomic mass is 10.1. The Bertz CT molecular complexity index is 490. The molecule has 130 valence electrons. The minimum atomic E-state index is 0. The molecule has 0 radical (unpaired) electrons. The molecule has 0 spiro atoms. The van der Waals surface area contributed by atoms with E-state index in [9.17, 15) is 0 Å². The average molecular weight is 452 g/mol. The number of hydrogen-bond acceptors (Lipinski definition) is 2. The van der Waals surface area contributed by atoms with Crippen molar-refractivity contribution in [2.24, 2.45) is 4.99 Å². The van der Waals surface area contributed by atoms with Gasteiger partial charge in [-0.3, -0.25) is 0 Å². The molecule has 0 bridgehead atoms. The zero-order valence-electron chi connectivity index (χ0n) is 13.9. The second kappa shape index (κ2) is 11.1. The van der Waals surface area contributed by atoms with Crippen molar-refractivity contribution in [3.63, 3.8) is 0 Å². The molecule has 0 saturated carbocycles. The number of rotatable bonds is 5. The van der Waals surface area contributed by atoms with E-state index in [1.54, 1.807) is 0 Å². The average Bonchev–Trinajstić information content (AvgIpc) is 2.53. The molecule has 0 aromatic heterocycles. The lowest BCUT2D eigenvalue weighted by Gasteiger charge is -2.34. The highest BCUT2D eigenvalue weighted by Crippen LogP contribution is 2.15. The standard InChI is InChI=1S/C17H26ClN3O.HI/c1-3-19-17(20-13-14-6-5-7-15(18)12-14)21-10-8-16(9-11-21)22-4-2;/h5-7,12,16H,3-4,8-11,13H2,1-2H3,(H,19,20);1H. The van der Waals surface area contributed by atoms with E-state index in [1.165, 1.54) is 0 Å². The summed E-state index contributed by atoms with van der Waals surface area (Å²) in [7, 11) is 0. The van der Waals surface area contributed by atoms with Crippen molar-refractivity contribution in [2.45, 2.75) is 39.3 Å². The van der Waals surface area contributed by atoms with E-state index >= 15 is 0 Å². The largest absolute Gasteiger partial charge is 0.378 e. The first kappa shape index (κ1) is 20.5. The first-order valence-electron chi connectivity index (χ1n) is 8.12. The number of nitrogens with zero attached hydrogens (tertiary/aromatic N) is 2. The Morgan fingerprint density at radius 1 is 1.35 bits per heavy atom. The Kier molecular flexibility index (Phi) is 9.90. The number of hydrogen-bond donors (Lipinski definition) is 1. The van der Waals surface area contributed by atoms with Gasteiger partial charge in [-0.1, -0.05) is 23.7 Å². The number of likely N-dealkylation sites (tertiary alicyclic amines) is 1. The summed E-state index contributed by atoms with van der Waals surface area (Å²) in [6.07, 6.45) is 2.53. The van der Waals surface area contributed by atoms with Crippen LogP contribution in [0.15, 0.2) is 29.3 Å². The van der Waals surface area contributed by atoms with Crippen molar-refractivity contribution < 1.29 is 4.74 Å². The molecule has 1 heterocycles. The highest BCUT2D eigenvalue weighted by atomic mass is 127. The quantitative estimate of drug-likeness (QED) is 0.419. The van der Waals surface area contributed by atoms with Gasteiger partial charge >= 0.3 is 0 Å². The van der Waals surface area contributed by atoms with Crippen LogP contribution in [-0.4, -0.2) is 43.2 Å². The van der Waals surface area contributed by atoms with Gasteiger partial charge in [-0.2, -0.15) is 0 Å². The molecular formula is C17H27ClIN3O. The van der Waals surface area contributed by atoms with E-state index in [2.05, 4.69) is 30.1 Å². The summed E-state index contributed by atoms with van der Waals surface area (Å²) in [4.78, 5) is 7.07. The Labute approximate surface area is 161 Å². The zero-order chi connectivity index (χ0) is 15.8. The second-order valence-electron chi connectivity index (χ2n) is 5.44. The van der Waals surface area contributed by atoms with Crippen LogP contribution in [0.1, 0.15) is 32.3 Å². The van der Waals surface area contributed by atoms with Gasteiger partial charge in [-0.25, -0.2) is 4.99 Å². The first-order chi connectivity index (χ1) is 10.7. The molecule has 0 aliphatic carbocycles. The van der Waals surface area contributed by atoms with Crippen LogP contribution in [0.25, 0.3) is 0 Å². The van der Waals surface area contributed by atoms with Gasteiger partial charge in [0.05, 0.1) is 12.6 Å². The topological polar surface area (TPSA) is 36.9 Å². The van der Waals surface area contributed by atoms with Crippen molar-refractivity contribution in [1.29, 1.82) is 0 Å². The van der Waals surface area contributed by atoms with E-state index in [-0.39, 0.29) is 24.0 Å². The summed E-state index contributed by atoms with van der Waals surface area (Å²) in [5, 5.41) is 4.15. The van der Waals surface area contributed by atoms with Crippen LogP contribution in [-0.2, 0) is 11.3 Å². The highest BCUT2D eigenvalue weighted by Gasteiger charge is 2.21. The highest BCUT2D eigenvalue weighted by molar-refractivity contribution is 14.0. The molecule has 1 N–H and O–H groups in total. The fraction of sp³-hybridized carbons (Fsp3) is 0.588. The number of ether oxygens (including phenoxy) is 1. The minimum Gasteiger partial charge on any atom is -0.378 e. The fourth-order valence-electron chi connectivity index (χ4n) is 2.70. The third-order valence-corrected chi connectivity index (χ3v) is 4.01. The Balaban J connectivity index is 0.00000264. The van der Waals surface area contributed by atoms with Crippen molar-refractivity contribution in [3.8, 4) is 0 Å². The van der Waals surface area contributed by atoms with Crippen LogP contribution in [0.3, 0.4) is 0 Å². The zero-order valence-corrected chi connectivity index (χ0v) is 17.0. The molecule has 1 aromatic rings. The second-order valence-corrected chi connectivity index (χ2v) is 5.88. The molecule has 0 amide bonds. The van der Waals surface area contributed by atoms with Gasteiger partial charge in [0.1, 0.15) is 0 Å². The van der Waals surface area contributed by atoms with Gasteiger partial charge in [0.2, 0.25) is 0 Å². The van der Waals surface area contributed by atoms with E-state index in [0.717, 1.165) is 55.6 Å². The van der Waals surface area contributed by atoms with E-state index in [0.29, 0.717) is 12.6 Å². The number of guanidine groups is 1. The van der Waals surface area contributed by atoms with Gasteiger partial charge in [0, 0.05) is 31.3 Å². The number of halogens is 2. The summed E-state index contributed by atoms with van der Waals surface area (Å²) in [5.74, 6) is 0.984. The normalized spacial score (nSPS) is 16.1. The molecular weight excluding hydrogens is 425 g/mol. The number of aliphatic imine (C=N–C) groups is 1. The van der Waals surface area contributed by atoms with Gasteiger partial charge in [-0.15, -0.1) is 24.0 Å². The summed E-state index contributed by atoms with van der Waals surface area (Å²) in [6, 6.07) is 7.88. The van der Waals surface area contributed by atoms with Crippen LogP contribution >= 0.6 is 35.6 Å². The maximum atomic E-state index is 6.03. The fourth-order valence-corrected chi connectivity index (χ4v) is 2.91. The van der Waals surface area contributed by atoms with Crippen LogP contribution in [0.4, 0.5) is 0 Å². The van der Waals surface area contributed by atoms with Crippen molar-refractivity contribution >= 4 is 41.5 Å². The predicted octanol–water partition coefficient (Wildman–Crippen LogP) is 3.92. The van der Waals surface area contributed by atoms with Crippen LogP contribution in [0.5, 0.6) is 0 Å². The number of nitrogens with one attached hydrogen (secondary N) is 1. The van der Waals surface area contributed by atoms with Crippen LogP contribution < -0.4 is 5.32 Å². The molecule has 0 unspecified atom stereocenters. The molecule has 1 aliphatic heterocycles. The molecule has 4 nitrogen and oxygen atoms in total. The third kappa shape index (κ3) is 6.85. The molecule has 1 saturated heterocycles. The first-order valence-corrected chi connectivity index (χ1v) is 8.50. The maximum absolute atomic E-state index is 6.03. The van der Waals surface area contributed by atoms with Gasteiger partial charge < -0.3 is 15.0 Å². The SMILES string of the molecule is CCNC(=NCc1cccc(Cl)c1)N1CCC(OCC)CC1.I. The third-order valence-electron chi connectivity index (χ3n) is 3.78. The molecule has 1 aromatic carbocycles. The number of benzene rings is 1. The van der Waals surface area contributed by atoms with Crippen molar-refractivity contribution in [2.75, 3.05) is 26.2 Å². The summed E-state index contributed by atoms with van der Waals surface area (Å²) < 4.78 is 5.71. The van der Waals surface area contributed by atoms with E-state index in [4.69, 9.17) is 21.3 Å². The lowest BCUT2D eigenvalue weighted by Crippen LogP contribution is -2.47. The van der Waals surface area contributed by atoms with Gasteiger partial charge in [0.25, 0.3) is 0 Å². The predicted molar refractivity (Wildman–Crippen MR) is 108 cm³/mol. The monoisotopic (exact) mass is 451 g/mol. The molecule has 23 heavy (non-hydrogen) atoms. The van der Waals surface area contributed by atoms with Crippen molar-refractivity contribution in [1.82, 2.24) is 10.2 Å². The minimum absolute atomic E-state index is 0. The molecule has 0 atom stereocenters. The van der Waals surface area contributed by atoms with E-state index in [1.807, 2.05) is 18.2 Å². The summed E-state index contributed by atoms with van der Waals surface area (Å²) >= 11 is 6.03. The molecule has 1 aliphatic rings. The number of piperidine rings is 1. The summed E-state index contributed by atoms with van der Waals surface area (Å²) in [6.45, 7) is 8.46. The van der Waals surface area contributed by atoms with Crippen LogP contribution in [0.2, 0.25) is 5.02 Å². The maximum Gasteiger partial charge on any atom is 0.194 e. The van der Waals surface area contributed by atoms with Gasteiger partial charge in [-0.05, 0) is 44.4 Å². The summed E-state index contributed by atoms with van der Waals surface area (Å²) in [5.41, 5.74) is 1.13. The molecule has 2 rings (SSSR count).